The highest BCUT2D eigenvalue weighted by Crippen LogP contribution is 2.37. The van der Waals surface area contributed by atoms with E-state index in [4.69, 9.17) is 4.74 Å². The number of aromatic amines is 1. The Morgan fingerprint density at radius 1 is 1.27 bits per heavy atom. The third-order valence-corrected chi connectivity index (χ3v) is 4.24. The number of likely N-dealkylation sites (N-methyl/N-ethyl adjacent to an activating group) is 1. The van der Waals surface area contributed by atoms with Crippen LogP contribution in [0.2, 0.25) is 0 Å². The average molecular weight is 353 g/mol. The molecule has 0 unspecified atom stereocenters. The third kappa shape index (κ3) is 3.55. The minimum atomic E-state index is -0.367. The standard InChI is InChI=1S/C20H23N3O3/c1-13-9-14(2)21-17(13)10-16-15-7-5-6-8-18(15)23(20(16)25)12-26-19(24)11-22(3)4/h5-10,21H,11-12H2,1-4H3. The molecule has 3 rings (SSSR count). The van der Waals surface area contributed by atoms with E-state index in [0.717, 1.165) is 28.2 Å². The van der Waals surface area contributed by atoms with Gasteiger partial charge in [-0.15, -0.1) is 0 Å². The molecule has 0 saturated carbocycles. The van der Waals surface area contributed by atoms with Gasteiger partial charge in [-0.2, -0.15) is 0 Å². The molecule has 0 atom stereocenters. The van der Waals surface area contributed by atoms with Crippen molar-refractivity contribution in [3.05, 3.63) is 52.8 Å². The van der Waals surface area contributed by atoms with Crippen molar-refractivity contribution in [3.8, 4) is 0 Å². The fourth-order valence-electron chi connectivity index (χ4n) is 3.06. The van der Waals surface area contributed by atoms with E-state index >= 15 is 0 Å². The van der Waals surface area contributed by atoms with Crippen LogP contribution in [0.1, 0.15) is 22.5 Å². The number of nitrogens with zero attached hydrogens (tertiary/aromatic N) is 2. The molecule has 0 spiro atoms. The number of nitrogens with one attached hydrogen (secondary N) is 1. The minimum absolute atomic E-state index is 0.0946. The van der Waals surface area contributed by atoms with E-state index in [0.29, 0.717) is 5.57 Å². The highest BCUT2D eigenvalue weighted by atomic mass is 16.5. The quantitative estimate of drug-likeness (QED) is 0.663. The van der Waals surface area contributed by atoms with Crippen molar-refractivity contribution in [1.29, 1.82) is 0 Å². The molecule has 6 heteroatoms. The molecular weight excluding hydrogens is 330 g/mol. The molecule has 0 saturated heterocycles. The number of amides is 1. The molecule has 2 heterocycles. The number of rotatable bonds is 5. The number of aryl methyl sites for hydroxylation is 2. The SMILES string of the molecule is Cc1cc(C)c(C=C2C(=O)N(COC(=O)CN(C)C)c3ccccc32)[nH]1. The predicted molar refractivity (Wildman–Crippen MR) is 102 cm³/mol. The lowest BCUT2D eigenvalue weighted by Gasteiger charge is -2.17. The van der Waals surface area contributed by atoms with Crippen molar-refractivity contribution in [2.75, 3.05) is 32.3 Å². The van der Waals surface area contributed by atoms with Crippen molar-refractivity contribution in [3.63, 3.8) is 0 Å². The summed E-state index contributed by atoms with van der Waals surface area (Å²) in [4.78, 5) is 31.3. The summed E-state index contributed by atoms with van der Waals surface area (Å²) < 4.78 is 5.28. The predicted octanol–water partition coefficient (Wildman–Crippen LogP) is 2.58. The zero-order chi connectivity index (χ0) is 18.8. The molecule has 0 aliphatic carbocycles. The maximum Gasteiger partial charge on any atom is 0.321 e. The first-order chi connectivity index (χ1) is 12.4. The number of para-hydroxylation sites is 1. The molecule has 6 nitrogen and oxygen atoms in total. The molecule has 1 N–H and O–H groups in total. The molecule has 26 heavy (non-hydrogen) atoms. The number of H-pyrrole nitrogens is 1. The molecule has 136 valence electrons. The Hall–Kier alpha value is -2.86. The number of esters is 1. The molecule has 2 aromatic rings. The van der Waals surface area contributed by atoms with Gasteiger partial charge in [-0.25, -0.2) is 0 Å². The van der Waals surface area contributed by atoms with Crippen LogP contribution in [0.3, 0.4) is 0 Å². The lowest BCUT2D eigenvalue weighted by atomic mass is 10.1. The van der Waals surface area contributed by atoms with E-state index in [2.05, 4.69) is 4.98 Å². The van der Waals surface area contributed by atoms with Crippen LogP contribution in [0.5, 0.6) is 0 Å². The van der Waals surface area contributed by atoms with Crippen molar-refractivity contribution < 1.29 is 14.3 Å². The van der Waals surface area contributed by atoms with Gasteiger partial charge in [0.15, 0.2) is 6.73 Å². The molecule has 1 aromatic carbocycles. The van der Waals surface area contributed by atoms with Crippen LogP contribution in [-0.4, -0.2) is 49.1 Å². The normalized spacial score (nSPS) is 15.0. The van der Waals surface area contributed by atoms with Crippen LogP contribution >= 0.6 is 0 Å². The summed E-state index contributed by atoms with van der Waals surface area (Å²) in [6.07, 6.45) is 1.87. The molecule has 1 aliphatic heterocycles. The summed E-state index contributed by atoms with van der Waals surface area (Å²) in [6, 6.07) is 9.58. The number of hydrogen-bond acceptors (Lipinski definition) is 4. The van der Waals surface area contributed by atoms with Crippen LogP contribution in [0.4, 0.5) is 5.69 Å². The maximum atomic E-state index is 13.0. The highest BCUT2D eigenvalue weighted by molar-refractivity contribution is 6.35. The summed E-state index contributed by atoms with van der Waals surface area (Å²) >= 11 is 0. The number of benzene rings is 1. The number of aromatic nitrogens is 1. The van der Waals surface area contributed by atoms with Gasteiger partial charge < -0.3 is 9.72 Å². The van der Waals surface area contributed by atoms with Crippen LogP contribution < -0.4 is 4.90 Å². The number of anilines is 1. The van der Waals surface area contributed by atoms with Crippen LogP contribution in [0.15, 0.2) is 30.3 Å². The van der Waals surface area contributed by atoms with Gasteiger partial charge in [-0.3, -0.25) is 19.4 Å². The Labute approximate surface area is 153 Å². The second-order valence-electron chi connectivity index (χ2n) is 6.74. The molecule has 1 aliphatic rings. The lowest BCUT2D eigenvalue weighted by Crippen LogP contribution is -2.33. The van der Waals surface area contributed by atoms with Crippen molar-refractivity contribution in [2.24, 2.45) is 0 Å². The maximum absolute atomic E-state index is 13.0. The summed E-state index contributed by atoms with van der Waals surface area (Å²) in [5.41, 5.74) is 5.22. The van der Waals surface area contributed by atoms with E-state index < -0.39 is 0 Å². The van der Waals surface area contributed by atoms with Crippen molar-refractivity contribution in [1.82, 2.24) is 9.88 Å². The number of carbonyl (C=O) groups is 2. The highest BCUT2D eigenvalue weighted by Gasteiger charge is 2.33. The molecule has 0 bridgehead atoms. The van der Waals surface area contributed by atoms with Crippen LogP contribution in [-0.2, 0) is 14.3 Å². The third-order valence-electron chi connectivity index (χ3n) is 4.24. The van der Waals surface area contributed by atoms with E-state index in [1.807, 2.05) is 50.3 Å². The summed E-state index contributed by atoms with van der Waals surface area (Å²) in [5.74, 6) is -0.538. The van der Waals surface area contributed by atoms with Gasteiger partial charge in [0.1, 0.15) is 0 Å². The van der Waals surface area contributed by atoms with E-state index in [-0.39, 0.29) is 25.2 Å². The van der Waals surface area contributed by atoms with E-state index in [1.165, 1.54) is 4.90 Å². The van der Waals surface area contributed by atoms with E-state index in [1.54, 1.807) is 19.0 Å². The number of ether oxygens (including phenoxy) is 1. The first-order valence-electron chi connectivity index (χ1n) is 8.46. The first-order valence-corrected chi connectivity index (χ1v) is 8.46. The van der Waals surface area contributed by atoms with Crippen molar-refractivity contribution >= 4 is 29.2 Å². The fourth-order valence-corrected chi connectivity index (χ4v) is 3.06. The molecule has 0 fully saturated rings. The fraction of sp³-hybridized carbons (Fsp3) is 0.300. The summed E-state index contributed by atoms with van der Waals surface area (Å²) in [5, 5.41) is 0. The van der Waals surface area contributed by atoms with Gasteiger partial charge in [0.25, 0.3) is 5.91 Å². The molecule has 0 radical (unpaired) electrons. The Kier molecular flexibility index (Phi) is 4.95. The average Bonchev–Trinajstić information content (AvgIpc) is 3.02. The monoisotopic (exact) mass is 353 g/mol. The second-order valence-corrected chi connectivity index (χ2v) is 6.74. The number of hydrogen-bond donors (Lipinski definition) is 1. The Balaban J connectivity index is 1.89. The zero-order valence-corrected chi connectivity index (χ0v) is 15.5. The number of fused-ring (bicyclic) bond motifs is 1. The van der Waals surface area contributed by atoms with Gasteiger partial charge in [-0.1, -0.05) is 18.2 Å². The summed E-state index contributed by atoms with van der Waals surface area (Å²) in [6.45, 7) is 4.06. The second kappa shape index (κ2) is 7.17. The largest absolute Gasteiger partial charge is 0.443 e. The Morgan fingerprint density at radius 3 is 2.65 bits per heavy atom. The van der Waals surface area contributed by atoms with E-state index in [9.17, 15) is 9.59 Å². The summed E-state index contributed by atoms with van der Waals surface area (Å²) in [7, 11) is 3.58. The molecule has 1 amide bonds. The Morgan fingerprint density at radius 2 is 2.00 bits per heavy atom. The topological polar surface area (TPSA) is 65.6 Å². The minimum Gasteiger partial charge on any atom is -0.443 e. The van der Waals surface area contributed by atoms with Gasteiger partial charge in [0, 0.05) is 17.0 Å². The molecular formula is C20H23N3O3. The first kappa shape index (κ1) is 17.9. The van der Waals surface area contributed by atoms with Crippen LogP contribution in [0.25, 0.3) is 11.6 Å². The van der Waals surface area contributed by atoms with Gasteiger partial charge in [0.2, 0.25) is 0 Å². The van der Waals surface area contributed by atoms with Crippen molar-refractivity contribution in [2.45, 2.75) is 13.8 Å². The number of carbonyl (C=O) groups excluding carboxylic acids is 2. The molecule has 1 aromatic heterocycles. The smallest absolute Gasteiger partial charge is 0.321 e. The zero-order valence-electron chi connectivity index (χ0n) is 15.5. The van der Waals surface area contributed by atoms with Gasteiger partial charge in [0.05, 0.1) is 17.8 Å². The van der Waals surface area contributed by atoms with Gasteiger partial charge >= 0.3 is 5.97 Å². The Bertz CT molecular complexity index is 880. The lowest BCUT2D eigenvalue weighted by molar-refractivity contribution is -0.144. The van der Waals surface area contributed by atoms with Crippen LogP contribution in [0, 0.1) is 13.8 Å². The van der Waals surface area contributed by atoms with Gasteiger partial charge in [-0.05, 0) is 51.7 Å².